The Kier molecular flexibility index (Phi) is 4.53. The third kappa shape index (κ3) is 3.54. The lowest BCUT2D eigenvalue weighted by Gasteiger charge is -2.22. The third-order valence-corrected chi connectivity index (χ3v) is 5.16. The van der Waals surface area contributed by atoms with Gasteiger partial charge in [-0.2, -0.15) is 0 Å². The highest BCUT2D eigenvalue weighted by Crippen LogP contribution is 2.28. The van der Waals surface area contributed by atoms with Crippen LogP contribution in [0.2, 0.25) is 5.02 Å². The Labute approximate surface area is 126 Å². The molecule has 0 aliphatic heterocycles. The molecule has 1 unspecified atom stereocenters. The molecule has 1 aliphatic rings. The van der Waals surface area contributed by atoms with Crippen LogP contribution in [0.3, 0.4) is 0 Å². The number of nitrogens with one attached hydrogen (secondary N) is 1. The first-order valence-electron chi connectivity index (χ1n) is 6.21. The Bertz CT molecular complexity index is 702. The van der Waals surface area contributed by atoms with Crippen molar-refractivity contribution in [3.8, 4) is 0 Å². The minimum Gasteiger partial charge on any atom is -0.478 e. The number of hydrogen-bond donors (Lipinski definition) is 2. The molecule has 8 heteroatoms. The molecule has 0 heterocycles. The molecular formula is C13H13ClFNO4S. The summed E-state index contributed by atoms with van der Waals surface area (Å²) in [7, 11) is -4.05. The number of carboxylic acid groups (broad SMARTS) is 1. The van der Waals surface area contributed by atoms with Gasteiger partial charge in [-0.1, -0.05) is 17.7 Å². The van der Waals surface area contributed by atoms with Crippen LogP contribution in [0.1, 0.15) is 19.3 Å². The van der Waals surface area contributed by atoms with E-state index < -0.39 is 27.1 Å². The Balaban J connectivity index is 2.31. The van der Waals surface area contributed by atoms with Gasteiger partial charge in [0, 0.05) is 5.02 Å². The summed E-state index contributed by atoms with van der Waals surface area (Å²) < 4.78 is 40.3. The molecule has 0 aromatic heterocycles. The molecule has 0 amide bonds. The fraction of sp³-hybridized carbons (Fsp3) is 0.308. The monoisotopic (exact) mass is 333 g/mol. The molecule has 1 atom stereocenters. The van der Waals surface area contributed by atoms with E-state index in [0.29, 0.717) is 12.8 Å². The number of carbonyl (C=O) groups is 1. The van der Waals surface area contributed by atoms with E-state index in [2.05, 4.69) is 4.72 Å². The van der Waals surface area contributed by atoms with Crippen molar-refractivity contribution in [2.75, 3.05) is 4.72 Å². The van der Waals surface area contributed by atoms with E-state index in [1.165, 1.54) is 18.2 Å². The van der Waals surface area contributed by atoms with Gasteiger partial charge in [-0.05, 0) is 37.5 Å². The fourth-order valence-corrected chi connectivity index (χ4v) is 3.97. The van der Waals surface area contributed by atoms with Crippen molar-refractivity contribution in [2.45, 2.75) is 24.5 Å². The SMILES string of the molecule is O=C(O)C1=CCCCC1S(=O)(=O)Nc1ccc(Cl)cc1F. The molecule has 0 saturated heterocycles. The van der Waals surface area contributed by atoms with Crippen LogP contribution < -0.4 is 4.72 Å². The number of carboxylic acids is 1. The highest BCUT2D eigenvalue weighted by molar-refractivity contribution is 7.93. The number of hydrogen-bond acceptors (Lipinski definition) is 3. The average Bonchev–Trinajstić information content (AvgIpc) is 2.42. The predicted molar refractivity (Wildman–Crippen MR) is 77.3 cm³/mol. The zero-order chi connectivity index (χ0) is 15.6. The summed E-state index contributed by atoms with van der Waals surface area (Å²) in [5.74, 6) is -2.09. The van der Waals surface area contributed by atoms with Gasteiger partial charge in [0.25, 0.3) is 0 Å². The normalized spacial score (nSPS) is 19.0. The summed E-state index contributed by atoms with van der Waals surface area (Å²) in [6.07, 6.45) is 2.66. The van der Waals surface area contributed by atoms with Crippen molar-refractivity contribution in [2.24, 2.45) is 0 Å². The molecule has 0 radical (unpaired) electrons. The minimum absolute atomic E-state index is 0.138. The third-order valence-electron chi connectivity index (χ3n) is 3.19. The number of benzene rings is 1. The van der Waals surface area contributed by atoms with Crippen LogP contribution in [0.5, 0.6) is 0 Å². The summed E-state index contributed by atoms with van der Waals surface area (Å²) in [6.45, 7) is 0. The van der Waals surface area contributed by atoms with E-state index in [1.807, 2.05) is 0 Å². The van der Waals surface area contributed by atoms with Gasteiger partial charge in [-0.25, -0.2) is 17.6 Å². The largest absolute Gasteiger partial charge is 0.478 e. The lowest BCUT2D eigenvalue weighted by atomic mass is 9.99. The maximum absolute atomic E-state index is 13.7. The number of sulfonamides is 1. The smallest absolute Gasteiger partial charge is 0.332 e. The Morgan fingerprint density at radius 3 is 2.76 bits per heavy atom. The first-order chi connectivity index (χ1) is 9.81. The second-order valence-corrected chi connectivity index (χ2v) is 6.96. The van der Waals surface area contributed by atoms with Crippen molar-refractivity contribution in [1.29, 1.82) is 0 Å². The van der Waals surface area contributed by atoms with Gasteiger partial charge in [0.15, 0.2) is 0 Å². The number of halogens is 2. The van der Waals surface area contributed by atoms with Gasteiger partial charge in [0.2, 0.25) is 10.0 Å². The maximum Gasteiger partial charge on any atom is 0.332 e. The molecule has 114 valence electrons. The highest BCUT2D eigenvalue weighted by atomic mass is 35.5. The molecule has 0 spiro atoms. The Morgan fingerprint density at radius 1 is 1.43 bits per heavy atom. The molecule has 2 rings (SSSR count). The Hall–Kier alpha value is -1.60. The van der Waals surface area contributed by atoms with Gasteiger partial charge < -0.3 is 5.11 Å². The number of anilines is 1. The zero-order valence-electron chi connectivity index (χ0n) is 10.8. The summed E-state index contributed by atoms with van der Waals surface area (Å²) >= 11 is 5.60. The number of aliphatic carboxylic acids is 1. The van der Waals surface area contributed by atoms with E-state index in [1.54, 1.807) is 0 Å². The summed E-state index contributed by atoms with van der Waals surface area (Å²) in [4.78, 5) is 11.1. The summed E-state index contributed by atoms with van der Waals surface area (Å²) in [5, 5.41) is 8.02. The van der Waals surface area contributed by atoms with Crippen LogP contribution in [0.4, 0.5) is 10.1 Å². The molecule has 0 fully saturated rings. The topological polar surface area (TPSA) is 83.5 Å². The van der Waals surface area contributed by atoms with E-state index in [9.17, 15) is 17.6 Å². The first-order valence-corrected chi connectivity index (χ1v) is 8.14. The van der Waals surface area contributed by atoms with Gasteiger partial charge in [0.1, 0.15) is 11.1 Å². The quantitative estimate of drug-likeness (QED) is 0.887. The van der Waals surface area contributed by atoms with Crippen molar-refractivity contribution in [3.05, 3.63) is 40.7 Å². The molecule has 21 heavy (non-hydrogen) atoms. The van der Waals surface area contributed by atoms with Crippen LogP contribution in [-0.4, -0.2) is 24.7 Å². The average molecular weight is 334 g/mol. The van der Waals surface area contributed by atoms with Crippen LogP contribution in [0.15, 0.2) is 29.8 Å². The van der Waals surface area contributed by atoms with Crippen molar-refractivity contribution in [3.63, 3.8) is 0 Å². The zero-order valence-corrected chi connectivity index (χ0v) is 12.4. The molecule has 1 aromatic rings. The highest BCUT2D eigenvalue weighted by Gasteiger charge is 2.34. The molecule has 5 nitrogen and oxygen atoms in total. The second-order valence-electron chi connectivity index (χ2n) is 4.66. The lowest BCUT2D eigenvalue weighted by Crippen LogP contribution is -2.34. The van der Waals surface area contributed by atoms with E-state index in [4.69, 9.17) is 16.7 Å². The molecule has 1 aromatic carbocycles. The van der Waals surface area contributed by atoms with E-state index in [0.717, 1.165) is 6.07 Å². The molecular weight excluding hydrogens is 321 g/mol. The van der Waals surface area contributed by atoms with Gasteiger partial charge in [-0.3, -0.25) is 4.72 Å². The minimum atomic E-state index is -4.05. The van der Waals surface area contributed by atoms with Gasteiger partial charge >= 0.3 is 5.97 Å². The van der Waals surface area contributed by atoms with Gasteiger partial charge in [0.05, 0.1) is 11.3 Å². The number of rotatable bonds is 4. The number of allylic oxidation sites excluding steroid dienone is 1. The summed E-state index contributed by atoms with van der Waals surface area (Å²) in [5.41, 5.74) is -0.433. The summed E-state index contributed by atoms with van der Waals surface area (Å²) in [6, 6.07) is 3.52. The van der Waals surface area contributed by atoms with Gasteiger partial charge in [-0.15, -0.1) is 0 Å². The molecule has 2 N–H and O–H groups in total. The van der Waals surface area contributed by atoms with Crippen molar-refractivity contribution in [1.82, 2.24) is 0 Å². The van der Waals surface area contributed by atoms with E-state index >= 15 is 0 Å². The van der Waals surface area contributed by atoms with Crippen LogP contribution >= 0.6 is 11.6 Å². The van der Waals surface area contributed by atoms with Crippen LogP contribution in [0.25, 0.3) is 0 Å². The second kappa shape index (κ2) is 6.03. The standard InChI is InChI=1S/C13H13ClFNO4S/c14-8-5-6-11(10(15)7-8)16-21(19,20)12-4-2-1-3-9(12)13(17)18/h3,5-7,12,16H,1-2,4H2,(H,17,18). The van der Waals surface area contributed by atoms with Crippen molar-refractivity contribution >= 4 is 33.3 Å². The predicted octanol–water partition coefficient (Wildman–Crippen LogP) is 2.78. The van der Waals surface area contributed by atoms with Crippen molar-refractivity contribution < 1.29 is 22.7 Å². The van der Waals surface area contributed by atoms with Crippen LogP contribution in [0, 0.1) is 5.82 Å². The molecule has 0 bridgehead atoms. The van der Waals surface area contributed by atoms with Crippen LogP contribution in [-0.2, 0) is 14.8 Å². The first kappa shape index (κ1) is 15.8. The fourth-order valence-electron chi connectivity index (χ4n) is 2.19. The Morgan fingerprint density at radius 2 is 2.14 bits per heavy atom. The molecule has 1 aliphatic carbocycles. The maximum atomic E-state index is 13.7. The molecule has 0 saturated carbocycles. The van der Waals surface area contributed by atoms with E-state index in [-0.39, 0.29) is 22.7 Å². The lowest BCUT2D eigenvalue weighted by molar-refractivity contribution is -0.132.